The van der Waals surface area contributed by atoms with Crippen LogP contribution in [0.4, 0.5) is 0 Å². The van der Waals surface area contributed by atoms with Gasteiger partial charge in [0.05, 0.1) is 0 Å². The van der Waals surface area contributed by atoms with Crippen LogP contribution in [0.25, 0.3) is 0 Å². The lowest BCUT2D eigenvalue weighted by Gasteiger charge is -2.53. The van der Waals surface area contributed by atoms with E-state index >= 15 is 0 Å². The van der Waals surface area contributed by atoms with E-state index in [0.717, 1.165) is 32.2 Å². The van der Waals surface area contributed by atoms with Crippen LogP contribution in [-0.4, -0.2) is 24.2 Å². The standard InChI is InChI=1S/C20H45N3/c1-15(2)11-19(22,12-16(3)4)20(13-17(5)6,14-18(7)8)23-10-9-21/h15-18,23H,9-14,21-22H2,1-8H3. The van der Waals surface area contributed by atoms with Gasteiger partial charge in [-0.05, 0) is 49.4 Å². The van der Waals surface area contributed by atoms with E-state index in [-0.39, 0.29) is 11.1 Å². The van der Waals surface area contributed by atoms with Crippen LogP contribution in [0.2, 0.25) is 0 Å². The minimum absolute atomic E-state index is 0.0384. The molecule has 0 heterocycles. The van der Waals surface area contributed by atoms with E-state index in [9.17, 15) is 0 Å². The fraction of sp³-hybridized carbons (Fsp3) is 1.00. The molecule has 0 spiro atoms. The van der Waals surface area contributed by atoms with Crippen LogP contribution >= 0.6 is 0 Å². The smallest absolute Gasteiger partial charge is 0.0367 e. The minimum atomic E-state index is -0.195. The van der Waals surface area contributed by atoms with Crippen LogP contribution in [0, 0.1) is 23.7 Å². The fourth-order valence-electron chi connectivity index (χ4n) is 4.45. The van der Waals surface area contributed by atoms with Crippen molar-refractivity contribution in [3.05, 3.63) is 0 Å². The van der Waals surface area contributed by atoms with Gasteiger partial charge in [-0.25, -0.2) is 0 Å². The van der Waals surface area contributed by atoms with Gasteiger partial charge in [0.1, 0.15) is 0 Å². The largest absolute Gasteiger partial charge is 0.329 e. The van der Waals surface area contributed by atoms with Crippen molar-refractivity contribution in [1.82, 2.24) is 5.32 Å². The normalized spacial score (nSPS) is 13.8. The average molecular weight is 328 g/mol. The molecule has 0 amide bonds. The molecule has 23 heavy (non-hydrogen) atoms. The molecule has 3 heteroatoms. The van der Waals surface area contributed by atoms with Crippen molar-refractivity contribution in [2.75, 3.05) is 13.1 Å². The Balaban J connectivity index is 5.90. The topological polar surface area (TPSA) is 64.1 Å². The second kappa shape index (κ2) is 10.0. The molecule has 0 bridgehead atoms. The Hall–Kier alpha value is -0.120. The molecule has 0 aliphatic carbocycles. The predicted octanol–water partition coefficient (Wildman–Crippen LogP) is 4.16. The highest BCUT2D eigenvalue weighted by atomic mass is 15.1. The van der Waals surface area contributed by atoms with E-state index in [4.69, 9.17) is 11.5 Å². The zero-order valence-corrected chi connectivity index (χ0v) is 17.2. The highest BCUT2D eigenvalue weighted by Crippen LogP contribution is 2.41. The average Bonchev–Trinajstić information content (AvgIpc) is 2.32. The first-order valence-corrected chi connectivity index (χ1v) is 9.72. The summed E-state index contributed by atoms with van der Waals surface area (Å²) >= 11 is 0. The van der Waals surface area contributed by atoms with Gasteiger partial charge in [-0.1, -0.05) is 55.4 Å². The summed E-state index contributed by atoms with van der Waals surface area (Å²) in [4.78, 5) is 0. The summed E-state index contributed by atoms with van der Waals surface area (Å²) in [6.45, 7) is 19.9. The molecule has 3 nitrogen and oxygen atoms in total. The van der Waals surface area contributed by atoms with Crippen molar-refractivity contribution < 1.29 is 0 Å². The molecule has 0 saturated heterocycles. The van der Waals surface area contributed by atoms with Crippen molar-refractivity contribution in [2.24, 2.45) is 35.1 Å². The molecule has 0 aromatic heterocycles. The Morgan fingerprint density at radius 3 is 1.30 bits per heavy atom. The van der Waals surface area contributed by atoms with Crippen LogP contribution in [0.3, 0.4) is 0 Å². The fourth-order valence-corrected chi connectivity index (χ4v) is 4.45. The maximum absolute atomic E-state index is 7.21. The Labute approximate surface area is 146 Å². The molecule has 0 unspecified atom stereocenters. The van der Waals surface area contributed by atoms with Crippen molar-refractivity contribution in [2.45, 2.75) is 92.2 Å². The number of hydrogen-bond donors (Lipinski definition) is 3. The molecular weight excluding hydrogens is 282 g/mol. The van der Waals surface area contributed by atoms with Crippen LogP contribution < -0.4 is 16.8 Å². The van der Waals surface area contributed by atoms with Gasteiger partial charge < -0.3 is 16.8 Å². The molecule has 140 valence electrons. The molecule has 0 saturated carbocycles. The third-order valence-corrected chi connectivity index (χ3v) is 4.62. The third-order valence-electron chi connectivity index (χ3n) is 4.62. The van der Waals surface area contributed by atoms with E-state index in [1.165, 1.54) is 0 Å². The molecule has 0 aliphatic rings. The molecule has 0 atom stereocenters. The van der Waals surface area contributed by atoms with Gasteiger partial charge in [-0.3, -0.25) is 0 Å². The Kier molecular flexibility index (Phi) is 9.95. The quantitative estimate of drug-likeness (QED) is 0.504. The Morgan fingerprint density at radius 1 is 0.696 bits per heavy atom. The number of rotatable bonds is 12. The zero-order chi connectivity index (χ0) is 18.3. The van der Waals surface area contributed by atoms with Gasteiger partial charge in [0.15, 0.2) is 0 Å². The number of nitrogens with two attached hydrogens (primary N) is 2. The van der Waals surface area contributed by atoms with Gasteiger partial charge in [0, 0.05) is 24.2 Å². The molecule has 0 rings (SSSR count). The van der Waals surface area contributed by atoms with Crippen molar-refractivity contribution in [3.8, 4) is 0 Å². The van der Waals surface area contributed by atoms with E-state index in [1.54, 1.807) is 0 Å². The van der Waals surface area contributed by atoms with Crippen LogP contribution in [-0.2, 0) is 0 Å². The van der Waals surface area contributed by atoms with Crippen molar-refractivity contribution in [1.29, 1.82) is 0 Å². The monoisotopic (exact) mass is 327 g/mol. The van der Waals surface area contributed by atoms with Gasteiger partial charge in [-0.15, -0.1) is 0 Å². The highest BCUT2D eigenvalue weighted by molar-refractivity contribution is 5.10. The van der Waals surface area contributed by atoms with Gasteiger partial charge >= 0.3 is 0 Å². The van der Waals surface area contributed by atoms with Crippen LogP contribution in [0.1, 0.15) is 81.1 Å². The lowest BCUT2D eigenvalue weighted by Crippen LogP contribution is -2.70. The summed E-state index contributed by atoms with van der Waals surface area (Å²) in [6.07, 6.45) is 4.34. The first kappa shape index (κ1) is 22.9. The Morgan fingerprint density at radius 2 is 1.04 bits per heavy atom. The molecule has 0 fully saturated rings. The minimum Gasteiger partial charge on any atom is -0.329 e. The summed E-state index contributed by atoms with van der Waals surface area (Å²) in [5.41, 5.74) is 12.8. The van der Waals surface area contributed by atoms with Crippen molar-refractivity contribution in [3.63, 3.8) is 0 Å². The van der Waals surface area contributed by atoms with E-state index < -0.39 is 0 Å². The second-order valence-corrected chi connectivity index (χ2v) is 9.35. The third kappa shape index (κ3) is 7.53. The highest BCUT2D eigenvalue weighted by Gasteiger charge is 2.48. The second-order valence-electron chi connectivity index (χ2n) is 9.35. The van der Waals surface area contributed by atoms with Gasteiger partial charge in [-0.2, -0.15) is 0 Å². The summed E-state index contributed by atoms with van der Waals surface area (Å²) in [6, 6.07) is 0. The maximum atomic E-state index is 7.21. The van der Waals surface area contributed by atoms with E-state index in [1.807, 2.05) is 0 Å². The lowest BCUT2D eigenvalue weighted by molar-refractivity contribution is 0.0745. The molecule has 0 aromatic carbocycles. The first-order valence-electron chi connectivity index (χ1n) is 9.72. The van der Waals surface area contributed by atoms with Crippen molar-refractivity contribution >= 4 is 0 Å². The number of hydrogen-bond acceptors (Lipinski definition) is 3. The van der Waals surface area contributed by atoms with Gasteiger partial charge in [0.2, 0.25) is 0 Å². The van der Waals surface area contributed by atoms with Gasteiger partial charge in [0.25, 0.3) is 0 Å². The molecule has 5 N–H and O–H groups in total. The first-order chi connectivity index (χ1) is 10.5. The molecule has 0 aliphatic heterocycles. The van der Waals surface area contributed by atoms with E-state index in [0.29, 0.717) is 30.2 Å². The lowest BCUT2D eigenvalue weighted by atomic mass is 9.62. The van der Waals surface area contributed by atoms with E-state index in [2.05, 4.69) is 60.7 Å². The molecule has 0 radical (unpaired) electrons. The number of nitrogens with one attached hydrogen (secondary N) is 1. The summed E-state index contributed by atoms with van der Waals surface area (Å²) in [7, 11) is 0. The maximum Gasteiger partial charge on any atom is 0.0367 e. The molecular formula is C20H45N3. The molecule has 0 aromatic rings. The zero-order valence-electron chi connectivity index (χ0n) is 17.2. The SMILES string of the molecule is CC(C)CC(N)(CC(C)C)C(CC(C)C)(CC(C)C)NCCN. The van der Waals surface area contributed by atoms with Crippen LogP contribution in [0.15, 0.2) is 0 Å². The summed E-state index contributed by atoms with van der Waals surface area (Å²) in [5, 5.41) is 3.85. The predicted molar refractivity (Wildman–Crippen MR) is 105 cm³/mol. The Bertz CT molecular complexity index is 288. The summed E-state index contributed by atoms with van der Waals surface area (Å²) < 4.78 is 0. The van der Waals surface area contributed by atoms with Crippen LogP contribution in [0.5, 0.6) is 0 Å². The summed E-state index contributed by atoms with van der Waals surface area (Å²) in [5.74, 6) is 2.41.